The number of carbonyl (C=O) groups is 2. The van der Waals surface area contributed by atoms with E-state index in [-0.39, 0.29) is 6.42 Å². The van der Waals surface area contributed by atoms with Gasteiger partial charge >= 0.3 is 23.8 Å². The number of ether oxygens (including phenoxy) is 1. The fourth-order valence-corrected chi connectivity index (χ4v) is 1.07. The summed E-state index contributed by atoms with van der Waals surface area (Å²) in [4.78, 5) is 22.1. The minimum Gasteiger partial charge on any atom is -0.479 e. The molecule has 0 rings (SSSR count). The number of rotatable bonds is 5. The van der Waals surface area contributed by atoms with E-state index in [2.05, 4.69) is 4.74 Å². The predicted octanol–water partition coefficient (Wildman–Crippen LogP) is 2.71. The SMILES string of the molecule is CCC(C)(C)C(=O)OC(C)C(F)(C(=O)O)C(F)(F)F. The van der Waals surface area contributed by atoms with E-state index < -0.39 is 35.3 Å². The van der Waals surface area contributed by atoms with Crippen molar-refractivity contribution in [3.8, 4) is 0 Å². The highest BCUT2D eigenvalue weighted by atomic mass is 19.4. The minimum absolute atomic E-state index is 0.247. The summed E-state index contributed by atoms with van der Waals surface area (Å²) in [5, 5.41) is 8.43. The van der Waals surface area contributed by atoms with Crippen LogP contribution < -0.4 is 0 Å². The maximum Gasteiger partial charge on any atom is 0.437 e. The molecule has 0 aromatic rings. The quantitative estimate of drug-likeness (QED) is 0.624. The number of carbonyl (C=O) groups excluding carboxylic acids is 1. The molecule has 0 saturated carbocycles. The molecule has 0 aliphatic rings. The van der Waals surface area contributed by atoms with E-state index >= 15 is 0 Å². The van der Waals surface area contributed by atoms with Crippen molar-refractivity contribution >= 4 is 11.9 Å². The van der Waals surface area contributed by atoms with Crippen LogP contribution in [0.15, 0.2) is 0 Å². The third-order valence-electron chi connectivity index (χ3n) is 3.00. The van der Waals surface area contributed by atoms with Crippen molar-refractivity contribution in [2.45, 2.75) is 52.1 Å². The molecule has 0 saturated heterocycles. The average molecular weight is 288 g/mol. The van der Waals surface area contributed by atoms with Gasteiger partial charge < -0.3 is 9.84 Å². The highest BCUT2D eigenvalue weighted by Crippen LogP contribution is 2.39. The molecule has 0 heterocycles. The van der Waals surface area contributed by atoms with Gasteiger partial charge in [-0.2, -0.15) is 13.2 Å². The van der Waals surface area contributed by atoms with Crippen molar-refractivity contribution in [3.63, 3.8) is 0 Å². The number of alkyl halides is 4. The second-order valence-electron chi connectivity index (χ2n) is 4.80. The first kappa shape index (κ1) is 17.7. The van der Waals surface area contributed by atoms with E-state index in [1.165, 1.54) is 13.8 Å². The molecule has 1 N–H and O–H groups in total. The van der Waals surface area contributed by atoms with Crippen LogP contribution in [0, 0.1) is 5.41 Å². The van der Waals surface area contributed by atoms with Gasteiger partial charge in [0.1, 0.15) is 0 Å². The fraction of sp³-hybridized carbons (Fsp3) is 0.818. The number of esters is 1. The van der Waals surface area contributed by atoms with Gasteiger partial charge in [-0.3, -0.25) is 4.79 Å². The van der Waals surface area contributed by atoms with Crippen LogP contribution in [0.2, 0.25) is 0 Å². The first-order chi connectivity index (χ1) is 8.30. The molecule has 2 atom stereocenters. The number of carboxylic acid groups (broad SMARTS) is 1. The zero-order chi connectivity index (χ0) is 15.6. The van der Waals surface area contributed by atoms with Crippen LogP contribution in [0.1, 0.15) is 34.1 Å². The van der Waals surface area contributed by atoms with E-state index in [4.69, 9.17) is 5.11 Å². The number of halogens is 4. The van der Waals surface area contributed by atoms with Gasteiger partial charge in [-0.1, -0.05) is 6.92 Å². The lowest BCUT2D eigenvalue weighted by Gasteiger charge is -2.31. The second kappa shape index (κ2) is 5.34. The Balaban J connectivity index is 5.24. The normalized spacial score (nSPS) is 17.5. The van der Waals surface area contributed by atoms with Crippen LogP contribution in [0.5, 0.6) is 0 Å². The first-order valence-corrected chi connectivity index (χ1v) is 5.50. The highest BCUT2D eigenvalue weighted by Gasteiger charge is 2.67. The molecule has 0 radical (unpaired) electrons. The molecule has 0 bridgehead atoms. The largest absolute Gasteiger partial charge is 0.479 e. The van der Waals surface area contributed by atoms with E-state index in [0.29, 0.717) is 6.92 Å². The molecule has 19 heavy (non-hydrogen) atoms. The van der Waals surface area contributed by atoms with Crippen molar-refractivity contribution < 1.29 is 37.0 Å². The van der Waals surface area contributed by atoms with Crippen LogP contribution in [0.4, 0.5) is 17.6 Å². The first-order valence-electron chi connectivity index (χ1n) is 5.50. The summed E-state index contributed by atoms with van der Waals surface area (Å²) in [5.41, 5.74) is -5.76. The zero-order valence-corrected chi connectivity index (χ0v) is 11.0. The molecule has 0 fully saturated rings. The monoisotopic (exact) mass is 288 g/mol. The topological polar surface area (TPSA) is 63.6 Å². The fourth-order valence-electron chi connectivity index (χ4n) is 1.07. The molecule has 0 aliphatic heterocycles. The van der Waals surface area contributed by atoms with Crippen molar-refractivity contribution in [2.75, 3.05) is 0 Å². The summed E-state index contributed by atoms with van der Waals surface area (Å²) >= 11 is 0. The number of carboxylic acids is 1. The summed E-state index contributed by atoms with van der Waals surface area (Å²) in [7, 11) is 0. The minimum atomic E-state index is -5.69. The van der Waals surface area contributed by atoms with Crippen LogP contribution in [-0.2, 0) is 14.3 Å². The maximum atomic E-state index is 13.7. The Morgan fingerprint density at radius 2 is 1.63 bits per heavy atom. The predicted molar refractivity (Wildman–Crippen MR) is 57.2 cm³/mol. The summed E-state index contributed by atoms with van der Waals surface area (Å²) in [6.45, 7) is 4.95. The van der Waals surface area contributed by atoms with Gasteiger partial charge in [-0.15, -0.1) is 0 Å². The third kappa shape index (κ3) is 3.36. The lowest BCUT2D eigenvalue weighted by Crippen LogP contribution is -2.57. The lowest BCUT2D eigenvalue weighted by atomic mass is 9.90. The molecular weight excluding hydrogens is 272 g/mol. The highest BCUT2D eigenvalue weighted by molar-refractivity contribution is 5.81. The molecule has 2 unspecified atom stereocenters. The van der Waals surface area contributed by atoms with Gasteiger partial charge in [0.15, 0.2) is 6.10 Å². The molecular formula is C11H16F4O4. The summed E-state index contributed by atoms with van der Waals surface area (Å²) in [5.74, 6) is -3.83. The van der Waals surface area contributed by atoms with Crippen molar-refractivity contribution in [1.29, 1.82) is 0 Å². The van der Waals surface area contributed by atoms with E-state index in [1.807, 2.05) is 0 Å². The standard InChI is InChI=1S/C11H16F4O4/c1-5-9(3,4)8(18)19-6(2)10(12,7(16)17)11(13,14)15/h6H,5H2,1-4H3,(H,16,17). The van der Waals surface area contributed by atoms with Crippen LogP contribution >= 0.6 is 0 Å². The molecule has 112 valence electrons. The van der Waals surface area contributed by atoms with Gasteiger partial charge in [-0.05, 0) is 27.2 Å². The summed E-state index contributed by atoms with van der Waals surface area (Å²) in [6, 6.07) is 0. The Morgan fingerprint density at radius 1 is 1.21 bits per heavy atom. The molecule has 0 aromatic heterocycles. The Labute approximate surface area is 107 Å². The summed E-state index contributed by atoms with van der Waals surface area (Å²) in [6.07, 6.45) is -7.92. The smallest absolute Gasteiger partial charge is 0.437 e. The zero-order valence-electron chi connectivity index (χ0n) is 11.0. The van der Waals surface area contributed by atoms with E-state index in [9.17, 15) is 27.2 Å². The molecule has 8 heteroatoms. The number of aliphatic carboxylic acids is 1. The Morgan fingerprint density at radius 3 is 1.89 bits per heavy atom. The number of hydrogen-bond acceptors (Lipinski definition) is 3. The van der Waals surface area contributed by atoms with Crippen molar-refractivity contribution in [2.24, 2.45) is 5.41 Å². The van der Waals surface area contributed by atoms with Gasteiger partial charge in [0.25, 0.3) is 0 Å². The molecule has 0 aliphatic carbocycles. The Bertz CT molecular complexity index is 364. The van der Waals surface area contributed by atoms with Gasteiger partial charge in [-0.25, -0.2) is 9.18 Å². The maximum absolute atomic E-state index is 13.7. The number of hydrogen-bond donors (Lipinski definition) is 1. The second-order valence-corrected chi connectivity index (χ2v) is 4.80. The van der Waals surface area contributed by atoms with Crippen LogP contribution in [0.3, 0.4) is 0 Å². The van der Waals surface area contributed by atoms with Crippen molar-refractivity contribution in [3.05, 3.63) is 0 Å². The molecule has 0 spiro atoms. The molecule has 0 aromatic carbocycles. The Hall–Kier alpha value is -1.34. The van der Waals surface area contributed by atoms with Crippen molar-refractivity contribution in [1.82, 2.24) is 0 Å². The average Bonchev–Trinajstić information content (AvgIpc) is 2.25. The van der Waals surface area contributed by atoms with Gasteiger partial charge in [0, 0.05) is 0 Å². The van der Waals surface area contributed by atoms with E-state index in [1.54, 1.807) is 6.92 Å². The van der Waals surface area contributed by atoms with Gasteiger partial charge in [0.2, 0.25) is 0 Å². The summed E-state index contributed by atoms with van der Waals surface area (Å²) < 4.78 is 55.5. The molecule has 4 nitrogen and oxygen atoms in total. The van der Waals surface area contributed by atoms with Gasteiger partial charge in [0.05, 0.1) is 5.41 Å². The lowest BCUT2D eigenvalue weighted by molar-refractivity contribution is -0.261. The van der Waals surface area contributed by atoms with Crippen LogP contribution in [0.25, 0.3) is 0 Å². The van der Waals surface area contributed by atoms with Crippen LogP contribution in [-0.4, -0.2) is 35.0 Å². The molecule has 0 amide bonds. The van der Waals surface area contributed by atoms with E-state index in [0.717, 1.165) is 0 Å². The Kier molecular flexibility index (Phi) is 4.96. The third-order valence-corrected chi connectivity index (χ3v) is 3.00.